The molecule has 2 N–H and O–H groups in total. The lowest BCUT2D eigenvalue weighted by Crippen LogP contribution is -2.09. The number of ether oxygens (including phenoxy) is 1. The van der Waals surface area contributed by atoms with E-state index in [0.29, 0.717) is 6.54 Å². The molecule has 0 radical (unpaired) electrons. The fraction of sp³-hybridized carbons (Fsp3) is 0.333. The summed E-state index contributed by atoms with van der Waals surface area (Å²) in [6, 6.07) is 6.20. The third kappa shape index (κ3) is 1.59. The number of fused-ring (bicyclic) bond motifs is 1. The van der Waals surface area contributed by atoms with Gasteiger partial charge >= 0.3 is 0 Å². The van der Waals surface area contributed by atoms with Crippen LogP contribution in [0.25, 0.3) is 10.9 Å². The summed E-state index contributed by atoms with van der Waals surface area (Å²) in [7, 11) is 1.70. The van der Waals surface area contributed by atoms with E-state index in [9.17, 15) is 0 Å². The Balaban J connectivity index is 2.69. The summed E-state index contributed by atoms with van der Waals surface area (Å²) in [6.07, 6.45) is 2.06. The smallest absolute Gasteiger partial charge is 0.143 e. The zero-order valence-corrected chi connectivity index (χ0v) is 9.16. The van der Waals surface area contributed by atoms with Gasteiger partial charge in [-0.2, -0.15) is 0 Å². The second-order valence-electron chi connectivity index (χ2n) is 3.64. The quantitative estimate of drug-likeness (QED) is 0.829. The molecule has 0 saturated carbocycles. The average molecular weight is 204 g/mol. The summed E-state index contributed by atoms with van der Waals surface area (Å²) in [6.45, 7) is 3.57. The Morgan fingerprint density at radius 1 is 1.33 bits per heavy atom. The van der Waals surface area contributed by atoms with Crippen molar-refractivity contribution in [3.05, 3.63) is 30.0 Å². The molecule has 1 heterocycles. The van der Waals surface area contributed by atoms with E-state index in [1.807, 2.05) is 6.07 Å². The molecule has 2 aromatic rings. The number of benzene rings is 1. The maximum absolute atomic E-state index is 5.58. The molecule has 0 aliphatic carbocycles. The molecule has 0 atom stereocenters. The largest absolute Gasteiger partial charge is 0.495 e. The van der Waals surface area contributed by atoms with Gasteiger partial charge in [0.2, 0.25) is 0 Å². The number of nitrogens with zero attached hydrogens (tertiary/aromatic N) is 1. The maximum Gasteiger partial charge on any atom is 0.143 e. The van der Waals surface area contributed by atoms with E-state index in [2.05, 4.69) is 29.8 Å². The molecule has 0 amide bonds. The molecule has 3 heteroatoms. The third-order valence-electron chi connectivity index (χ3n) is 2.70. The van der Waals surface area contributed by atoms with Gasteiger partial charge in [-0.3, -0.25) is 0 Å². The van der Waals surface area contributed by atoms with Crippen molar-refractivity contribution in [2.75, 3.05) is 13.7 Å². The standard InChI is InChI=1S/C12H16N2O/c1-9-3-4-11(15-2)12-10(9)5-7-14(12)8-6-13/h3-5,7H,6,8,13H2,1-2H3. The first-order chi connectivity index (χ1) is 7.27. The molecule has 0 bridgehead atoms. The van der Waals surface area contributed by atoms with Crippen LogP contribution in [0.4, 0.5) is 0 Å². The van der Waals surface area contributed by atoms with Crippen LogP contribution in [0.3, 0.4) is 0 Å². The third-order valence-corrected chi connectivity index (χ3v) is 2.70. The van der Waals surface area contributed by atoms with Gasteiger partial charge in [-0.1, -0.05) is 6.07 Å². The number of rotatable bonds is 3. The van der Waals surface area contributed by atoms with Crippen LogP contribution in [0, 0.1) is 6.92 Å². The van der Waals surface area contributed by atoms with E-state index in [4.69, 9.17) is 10.5 Å². The van der Waals surface area contributed by atoms with Gasteiger partial charge in [0.25, 0.3) is 0 Å². The molecule has 1 aromatic carbocycles. The van der Waals surface area contributed by atoms with Gasteiger partial charge in [0.05, 0.1) is 12.6 Å². The molecule has 2 rings (SSSR count). The topological polar surface area (TPSA) is 40.2 Å². The van der Waals surface area contributed by atoms with Crippen LogP contribution in [0.5, 0.6) is 5.75 Å². The molecule has 0 aliphatic rings. The predicted molar refractivity (Wildman–Crippen MR) is 62.3 cm³/mol. The van der Waals surface area contributed by atoms with Crippen molar-refractivity contribution < 1.29 is 4.74 Å². The number of nitrogens with two attached hydrogens (primary N) is 1. The number of hydrogen-bond donors (Lipinski definition) is 1. The van der Waals surface area contributed by atoms with E-state index in [0.717, 1.165) is 17.8 Å². The number of hydrogen-bond acceptors (Lipinski definition) is 2. The van der Waals surface area contributed by atoms with E-state index in [1.165, 1.54) is 10.9 Å². The highest BCUT2D eigenvalue weighted by Gasteiger charge is 2.08. The Hall–Kier alpha value is -1.48. The Labute approximate surface area is 89.4 Å². The molecule has 80 valence electrons. The molecule has 0 saturated heterocycles. The fourth-order valence-corrected chi connectivity index (χ4v) is 1.92. The summed E-state index contributed by atoms with van der Waals surface area (Å²) >= 11 is 0. The minimum absolute atomic E-state index is 0.640. The highest BCUT2D eigenvalue weighted by Crippen LogP contribution is 2.28. The highest BCUT2D eigenvalue weighted by atomic mass is 16.5. The average Bonchev–Trinajstić information content (AvgIpc) is 2.65. The lowest BCUT2D eigenvalue weighted by atomic mass is 10.1. The van der Waals surface area contributed by atoms with Crippen LogP contribution >= 0.6 is 0 Å². The van der Waals surface area contributed by atoms with Gasteiger partial charge < -0.3 is 15.0 Å². The second-order valence-corrected chi connectivity index (χ2v) is 3.64. The highest BCUT2D eigenvalue weighted by molar-refractivity contribution is 5.88. The van der Waals surface area contributed by atoms with Crippen LogP contribution < -0.4 is 10.5 Å². The van der Waals surface area contributed by atoms with Gasteiger partial charge in [0.1, 0.15) is 5.75 Å². The number of aromatic nitrogens is 1. The van der Waals surface area contributed by atoms with Gasteiger partial charge in [-0.15, -0.1) is 0 Å². The predicted octanol–water partition coefficient (Wildman–Crippen LogP) is 1.92. The molecule has 0 fully saturated rings. The first-order valence-electron chi connectivity index (χ1n) is 5.10. The zero-order valence-electron chi connectivity index (χ0n) is 9.16. The van der Waals surface area contributed by atoms with Crippen molar-refractivity contribution in [3.8, 4) is 5.75 Å². The van der Waals surface area contributed by atoms with E-state index < -0.39 is 0 Å². The lowest BCUT2D eigenvalue weighted by molar-refractivity contribution is 0.417. The minimum Gasteiger partial charge on any atom is -0.495 e. The minimum atomic E-state index is 0.640. The van der Waals surface area contributed by atoms with Crippen molar-refractivity contribution >= 4 is 10.9 Å². The SMILES string of the molecule is COc1ccc(C)c2ccn(CCN)c12. The molecule has 0 aliphatic heterocycles. The van der Waals surface area contributed by atoms with Crippen molar-refractivity contribution in [2.24, 2.45) is 5.73 Å². The molecular formula is C12H16N2O. The van der Waals surface area contributed by atoms with E-state index in [-0.39, 0.29) is 0 Å². The fourth-order valence-electron chi connectivity index (χ4n) is 1.92. The van der Waals surface area contributed by atoms with Crippen LogP contribution in [0.1, 0.15) is 5.56 Å². The summed E-state index contributed by atoms with van der Waals surface area (Å²) in [5.41, 5.74) is 7.99. The molecule has 0 spiro atoms. The Bertz CT molecular complexity index is 474. The van der Waals surface area contributed by atoms with Crippen molar-refractivity contribution in [2.45, 2.75) is 13.5 Å². The number of methoxy groups -OCH3 is 1. The first-order valence-corrected chi connectivity index (χ1v) is 5.10. The van der Waals surface area contributed by atoms with Crippen LogP contribution in [-0.4, -0.2) is 18.2 Å². The van der Waals surface area contributed by atoms with Gasteiger partial charge in [0, 0.05) is 24.7 Å². The molecule has 15 heavy (non-hydrogen) atoms. The lowest BCUT2D eigenvalue weighted by Gasteiger charge is -2.08. The van der Waals surface area contributed by atoms with Crippen LogP contribution in [0.2, 0.25) is 0 Å². The Kier molecular flexibility index (Phi) is 2.64. The van der Waals surface area contributed by atoms with Crippen LogP contribution in [-0.2, 0) is 6.54 Å². The second kappa shape index (κ2) is 3.95. The zero-order chi connectivity index (χ0) is 10.8. The normalized spacial score (nSPS) is 10.9. The van der Waals surface area contributed by atoms with Gasteiger partial charge in [0.15, 0.2) is 0 Å². The summed E-state index contributed by atoms with van der Waals surface area (Å²) in [5, 5.41) is 1.24. The molecule has 0 unspecified atom stereocenters. The molecule has 1 aromatic heterocycles. The van der Waals surface area contributed by atoms with Crippen LogP contribution in [0.15, 0.2) is 24.4 Å². The van der Waals surface area contributed by atoms with Crippen molar-refractivity contribution in [3.63, 3.8) is 0 Å². The summed E-state index contributed by atoms with van der Waals surface area (Å²) < 4.78 is 7.51. The monoisotopic (exact) mass is 204 g/mol. The first kappa shape index (κ1) is 10.1. The van der Waals surface area contributed by atoms with Crippen molar-refractivity contribution in [1.82, 2.24) is 4.57 Å². The molecular weight excluding hydrogens is 188 g/mol. The summed E-state index contributed by atoms with van der Waals surface area (Å²) in [5.74, 6) is 0.911. The van der Waals surface area contributed by atoms with Gasteiger partial charge in [-0.05, 0) is 24.6 Å². The summed E-state index contributed by atoms with van der Waals surface area (Å²) in [4.78, 5) is 0. The molecule has 3 nitrogen and oxygen atoms in total. The maximum atomic E-state index is 5.58. The van der Waals surface area contributed by atoms with Crippen molar-refractivity contribution in [1.29, 1.82) is 0 Å². The Morgan fingerprint density at radius 2 is 2.13 bits per heavy atom. The van der Waals surface area contributed by atoms with Gasteiger partial charge in [-0.25, -0.2) is 0 Å². The number of aryl methyl sites for hydroxylation is 1. The van der Waals surface area contributed by atoms with E-state index >= 15 is 0 Å². The van der Waals surface area contributed by atoms with E-state index in [1.54, 1.807) is 7.11 Å². The Morgan fingerprint density at radius 3 is 2.80 bits per heavy atom.